The number of aryl methyl sites for hydroxylation is 1. The van der Waals surface area contributed by atoms with Gasteiger partial charge in [0, 0.05) is 5.56 Å². The zero-order valence-corrected chi connectivity index (χ0v) is 19.3. The van der Waals surface area contributed by atoms with Gasteiger partial charge in [-0.1, -0.05) is 42.0 Å². The van der Waals surface area contributed by atoms with Gasteiger partial charge in [0.05, 0.1) is 36.9 Å². The zero-order valence-electron chi connectivity index (χ0n) is 19.3. The molecule has 35 heavy (non-hydrogen) atoms. The van der Waals surface area contributed by atoms with E-state index in [1.165, 1.54) is 4.90 Å². The minimum Gasteiger partial charge on any atom is -0.497 e. The smallest absolute Gasteiger partial charge is 0.240 e. The maximum absolute atomic E-state index is 13.9. The lowest BCUT2D eigenvalue weighted by molar-refractivity contribution is -0.124. The standard InChI is InChI=1S/C28H23N3O4/c1-16-7-11-19(12-8-16)30-27(33)22-23(28(30)34)25(26(32)17-9-13-20(35-2)14-10-17)31-24(22)21-6-4-3-5-18(21)15-29-31/h3-15,22-25H,1-2H3/t22-,23+,24?,25-/m0/s1. The lowest BCUT2D eigenvalue weighted by Gasteiger charge is -2.33. The number of ketones is 1. The summed E-state index contributed by atoms with van der Waals surface area (Å²) in [6.45, 7) is 1.95. The molecule has 0 bridgehead atoms. The van der Waals surface area contributed by atoms with Gasteiger partial charge in [0.1, 0.15) is 11.8 Å². The van der Waals surface area contributed by atoms with Crippen LogP contribution in [0.5, 0.6) is 5.75 Å². The second-order valence-corrected chi connectivity index (χ2v) is 9.13. The summed E-state index contributed by atoms with van der Waals surface area (Å²) in [6, 6.07) is 20.4. The maximum Gasteiger partial charge on any atom is 0.240 e. The molecule has 2 amide bonds. The molecule has 3 heterocycles. The third-order valence-electron chi connectivity index (χ3n) is 7.23. The van der Waals surface area contributed by atoms with Gasteiger partial charge in [0.15, 0.2) is 5.78 Å². The summed E-state index contributed by atoms with van der Waals surface area (Å²) in [5.74, 6) is -1.82. The molecular formula is C28H23N3O4. The normalized spacial score (nSPS) is 24.3. The number of benzene rings is 3. The van der Waals surface area contributed by atoms with Gasteiger partial charge in [-0.2, -0.15) is 5.10 Å². The van der Waals surface area contributed by atoms with Crippen LogP contribution in [0.1, 0.15) is 33.1 Å². The molecule has 6 rings (SSSR count). The van der Waals surface area contributed by atoms with Crippen LogP contribution in [0, 0.1) is 18.8 Å². The molecule has 1 unspecified atom stereocenters. The monoisotopic (exact) mass is 465 g/mol. The number of carbonyl (C=O) groups is 3. The lowest BCUT2D eigenvalue weighted by atomic mass is 9.83. The van der Waals surface area contributed by atoms with Gasteiger partial charge < -0.3 is 4.74 Å². The number of carbonyl (C=O) groups excluding carboxylic acids is 3. The van der Waals surface area contributed by atoms with Crippen molar-refractivity contribution in [3.05, 3.63) is 95.1 Å². The van der Waals surface area contributed by atoms with Crippen LogP contribution in [-0.4, -0.2) is 42.0 Å². The molecule has 2 fully saturated rings. The Kier molecular flexibility index (Phi) is 4.81. The topological polar surface area (TPSA) is 79.3 Å². The van der Waals surface area contributed by atoms with Gasteiger partial charge in [0.2, 0.25) is 11.8 Å². The molecule has 3 aliphatic rings. The van der Waals surface area contributed by atoms with Crippen molar-refractivity contribution in [1.82, 2.24) is 5.01 Å². The molecule has 3 aromatic rings. The van der Waals surface area contributed by atoms with Crippen molar-refractivity contribution in [2.45, 2.75) is 19.0 Å². The van der Waals surface area contributed by atoms with E-state index in [4.69, 9.17) is 4.74 Å². The summed E-state index contributed by atoms with van der Waals surface area (Å²) >= 11 is 0. The van der Waals surface area contributed by atoms with Gasteiger partial charge in [-0.25, -0.2) is 4.90 Å². The highest BCUT2D eigenvalue weighted by Gasteiger charge is 2.65. The van der Waals surface area contributed by atoms with Crippen molar-refractivity contribution in [3.63, 3.8) is 0 Å². The van der Waals surface area contributed by atoms with Gasteiger partial charge in [-0.3, -0.25) is 19.4 Å². The molecule has 4 atom stereocenters. The highest BCUT2D eigenvalue weighted by atomic mass is 16.5. The SMILES string of the molecule is COc1ccc(C(=O)[C@@H]2[C@@H]3C(=O)N(c4ccc(C)cc4)C(=O)[C@@H]3C3c4ccccc4C=NN32)cc1. The van der Waals surface area contributed by atoms with E-state index >= 15 is 0 Å². The van der Waals surface area contributed by atoms with E-state index in [0.717, 1.165) is 16.7 Å². The van der Waals surface area contributed by atoms with Crippen molar-refractivity contribution >= 4 is 29.5 Å². The number of Topliss-reactive ketones (excluding diaryl/α,β-unsaturated/α-hetero) is 1. The van der Waals surface area contributed by atoms with Gasteiger partial charge in [-0.15, -0.1) is 0 Å². The Balaban J connectivity index is 1.47. The summed E-state index contributed by atoms with van der Waals surface area (Å²) in [5, 5.41) is 6.27. The summed E-state index contributed by atoms with van der Waals surface area (Å²) in [6.07, 6.45) is 1.70. The maximum atomic E-state index is 13.9. The molecule has 174 valence electrons. The fourth-order valence-corrected chi connectivity index (χ4v) is 5.54. The first-order valence-electron chi connectivity index (χ1n) is 11.5. The average molecular weight is 466 g/mol. The first-order valence-corrected chi connectivity index (χ1v) is 11.5. The quantitative estimate of drug-likeness (QED) is 0.433. The molecule has 2 saturated heterocycles. The Hall–Kier alpha value is -4.26. The second-order valence-electron chi connectivity index (χ2n) is 9.13. The number of amides is 2. The lowest BCUT2D eigenvalue weighted by Crippen LogP contribution is -2.44. The Morgan fingerprint density at radius 2 is 1.57 bits per heavy atom. The number of fused-ring (bicyclic) bond motifs is 5. The number of anilines is 1. The number of hydrazone groups is 1. The Morgan fingerprint density at radius 3 is 2.29 bits per heavy atom. The molecular weight excluding hydrogens is 442 g/mol. The predicted octanol–water partition coefficient (Wildman–Crippen LogP) is 3.77. The Bertz CT molecular complexity index is 1380. The van der Waals surface area contributed by atoms with E-state index in [1.807, 2.05) is 43.3 Å². The van der Waals surface area contributed by atoms with E-state index in [-0.39, 0.29) is 17.6 Å². The Morgan fingerprint density at radius 1 is 0.886 bits per heavy atom. The van der Waals surface area contributed by atoms with E-state index in [9.17, 15) is 14.4 Å². The first kappa shape index (κ1) is 21.3. The van der Waals surface area contributed by atoms with Crippen molar-refractivity contribution in [2.75, 3.05) is 12.0 Å². The average Bonchev–Trinajstić information content (AvgIpc) is 3.37. The molecule has 3 aromatic carbocycles. The van der Waals surface area contributed by atoms with E-state index in [0.29, 0.717) is 17.0 Å². The van der Waals surface area contributed by atoms with Crippen molar-refractivity contribution < 1.29 is 19.1 Å². The molecule has 3 aliphatic heterocycles. The number of ether oxygens (including phenoxy) is 1. The van der Waals surface area contributed by atoms with Crippen LogP contribution in [0.4, 0.5) is 5.69 Å². The predicted molar refractivity (Wildman–Crippen MR) is 130 cm³/mol. The number of imide groups is 1. The van der Waals surface area contributed by atoms with Gasteiger partial charge in [-0.05, 0) is 54.4 Å². The van der Waals surface area contributed by atoms with Crippen molar-refractivity contribution in [2.24, 2.45) is 16.9 Å². The molecule has 0 radical (unpaired) electrons. The van der Waals surface area contributed by atoms with Crippen molar-refractivity contribution in [1.29, 1.82) is 0 Å². The largest absolute Gasteiger partial charge is 0.497 e. The fraction of sp³-hybridized carbons (Fsp3) is 0.214. The molecule has 7 nitrogen and oxygen atoms in total. The molecule has 0 aromatic heterocycles. The second kappa shape index (κ2) is 7.91. The van der Waals surface area contributed by atoms with Crippen LogP contribution in [-0.2, 0) is 9.59 Å². The molecule has 0 N–H and O–H groups in total. The highest BCUT2D eigenvalue weighted by Crippen LogP contribution is 2.53. The van der Waals surface area contributed by atoms with Gasteiger partial charge in [0.25, 0.3) is 0 Å². The minimum absolute atomic E-state index is 0.242. The number of rotatable bonds is 4. The zero-order chi connectivity index (χ0) is 24.3. The summed E-state index contributed by atoms with van der Waals surface area (Å²) in [7, 11) is 1.56. The molecule has 0 saturated carbocycles. The van der Waals surface area contributed by atoms with E-state index in [1.54, 1.807) is 54.7 Å². The molecule has 7 heteroatoms. The summed E-state index contributed by atoms with van der Waals surface area (Å²) in [4.78, 5) is 42.8. The van der Waals surface area contributed by atoms with Crippen molar-refractivity contribution in [3.8, 4) is 5.75 Å². The Labute approximate surface area is 202 Å². The highest BCUT2D eigenvalue weighted by molar-refractivity contribution is 6.24. The molecule has 0 spiro atoms. The number of methoxy groups -OCH3 is 1. The van der Waals surface area contributed by atoms with Crippen LogP contribution in [0.2, 0.25) is 0 Å². The summed E-state index contributed by atoms with van der Waals surface area (Å²) in [5.41, 5.74) is 3.78. The van der Waals surface area contributed by atoms with Crippen LogP contribution >= 0.6 is 0 Å². The van der Waals surface area contributed by atoms with E-state index in [2.05, 4.69) is 5.10 Å². The third-order valence-corrected chi connectivity index (χ3v) is 7.23. The number of nitrogens with zero attached hydrogens (tertiary/aromatic N) is 3. The third kappa shape index (κ3) is 3.11. The van der Waals surface area contributed by atoms with Crippen LogP contribution in [0.25, 0.3) is 0 Å². The van der Waals surface area contributed by atoms with Crippen LogP contribution < -0.4 is 9.64 Å². The van der Waals surface area contributed by atoms with Gasteiger partial charge >= 0.3 is 0 Å². The summed E-state index contributed by atoms with van der Waals surface area (Å²) < 4.78 is 5.22. The number of hydrogen-bond donors (Lipinski definition) is 0. The van der Waals surface area contributed by atoms with E-state index < -0.39 is 23.9 Å². The van der Waals surface area contributed by atoms with Crippen LogP contribution in [0.3, 0.4) is 0 Å². The fourth-order valence-electron chi connectivity index (χ4n) is 5.54. The van der Waals surface area contributed by atoms with Crippen LogP contribution in [0.15, 0.2) is 77.9 Å². The number of hydrogen-bond acceptors (Lipinski definition) is 6. The first-order chi connectivity index (χ1) is 17.0. The minimum atomic E-state index is -0.894. The molecule has 0 aliphatic carbocycles.